The van der Waals surface area contributed by atoms with Gasteiger partial charge < -0.3 is 5.73 Å². The summed E-state index contributed by atoms with van der Waals surface area (Å²) < 4.78 is 2.87. The molecule has 0 amide bonds. The van der Waals surface area contributed by atoms with E-state index < -0.39 is 0 Å². The summed E-state index contributed by atoms with van der Waals surface area (Å²) in [4.78, 5) is 0. The molecule has 3 nitrogen and oxygen atoms in total. The van der Waals surface area contributed by atoms with E-state index in [1.165, 1.54) is 11.1 Å². The Balaban J connectivity index is 1.89. The van der Waals surface area contributed by atoms with Gasteiger partial charge in [0.25, 0.3) is 0 Å². The summed E-state index contributed by atoms with van der Waals surface area (Å²) in [5, 5.41) is 4.61. The van der Waals surface area contributed by atoms with Crippen molar-refractivity contribution >= 4 is 21.7 Å². The van der Waals surface area contributed by atoms with E-state index in [4.69, 9.17) is 5.73 Å². The molecule has 2 N–H and O–H groups in total. The number of benzene rings is 2. The van der Waals surface area contributed by atoms with Crippen LogP contribution in [0.4, 0.5) is 5.82 Å². The summed E-state index contributed by atoms with van der Waals surface area (Å²) in [5.41, 5.74) is 10.5. The zero-order valence-corrected chi connectivity index (χ0v) is 13.3. The Hall–Kier alpha value is -2.07. The average Bonchev–Trinajstić information content (AvgIpc) is 2.83. The highest BCUT2D eigenvalue weighted by molar-refractivity contribution is 9.10. The topological polar surface area (TPSA) is 43.8 Å². The van der Waals surface area contributed by atoms with E-state index in [-0.39, 0.29) is 0 Å². The Morgan fingerprint density at radius 3 is 2.57 bits per heavy atom. The molecule has 0 spiro atoms. The maximum absolute atomic E-state index is 6.08. The molecule has 0 saturated heterocycles. The third-order valence-electron chi connectivity index (χ3n) is 3.38. The molecule has 0 saturated carbocycles. The Morgan fingerprint density at radius 2 is 1.86 bits per heavy atom. The van der Waals surface area contributed by atoms with Gasteiger partial charge in [-0.25, -0.2) is 4.68 Å². The molecule has 21 heavy (non-hydrogen) atoms. The van der Waals surface area contributed by atoms with Gasteiger partial charge in [0, 0.05) is 16.1 Å². The molecule has 2 aromatic carbocycles. The molecule has 106 valence electrons. The first kappa shape index (κ1) is 13.9. The second-order valence-corrected chi connectivity index (χ2v) is 6.02. The fourth-order valence-electron chi connectivity index (χ4n) is 2.21. The van der Waals surface area contributed by atoms with Gasteiger partial charge >= 0.3 is 0 Å². The number of hydrogen-bond donors (Lipinski definition) is 1. The highest BCUT2D eigenvalue weighted by atomic mass is 79.9. The first-order valence-corrected chi connectivity index (χ1v) is 7.56. The number of nitrogen functional groups attached to an aromatic ring is 1. The summed E-state index contributed by atoms with van der Waals surface area (Å²) in [5.74, 6) is 0.672. The van der Waals surface area contributed by atoms with Crippen molar-refractivity contribution < 1.29 is 0 Å². The molecule has 0 aliphatic heterocycles. The highest BCUT2D eigenvalue weighted by Crippen LogP contribution is 2.24. The van der Waals surface area contributed by atoms with Crippen molar-refractivity contribution in [1.29, 1.82) is 0 Å². The third-order valence-corrected chi connectivity index (χ3v) is 3.88. The van der Waals surface area contributed by atoms with Gasteiger partial charge in [-0.2, -0.15) is 5.10 Å². The van der Waals surface area contributed by atoms with Crippen LogP contribution in [-0.2, 0) is 6.54 Å². The van der Waals surface area contributed by atoms with Crippen molar-refractivity contribution in [1.82, 2.24) is 9.78 Å². The maximum Gasteiger partial charge on any atom is 0.122 e. The lowest BCUT2D eigenvalue weighted by atomic mass is 10.1. The largest absolute Gasteiger partial charge is 0.384 e. The lowest BCUT2D eigenvalue weighted by molar-refractivity contribution is 0.699. The Labute approximate surface area is 132 Å². The van der Waals surface area contributed by atoms with Gasteiger partial charge in [0.2, 0.25) is 0 Å². The fraction of sp³-hybridized carbons (Fsp3) is 0.118. The number of aryl methyl sites for hydroxylation is 1. The fourth-order valence-corrected chi connectivity index (χ4v) is 2.61. The van der Waals surface area contributed by atoms with Crippen LogP contribution < -0.4 is 5.73 Å². The number of nitrogens with zero attached hydrogens (tertiary/aromatic N) is 2. The van der Waals surface area contributed by atoms with Gasteiger partial charge in [0.15, 0.2) is 0 Å². The van der Waals surface area contributed by atoms with Crippen LogP contribution in [0.3, 0.4) is 0 Å². The van der Waals surface area contributed by atoms with E-state index in [1.54, 1.807) is 0 Å². The van der Waals surface area contributed by atoms with Gasteiger partial charge in [-0.15, -0.1) is 0 Å². The smallest absolute Gasteiger partial charge is 0.122 e. The Bertz CT molecular complexity index is 760. The van der Waals surface area contributed by atoms with Gasteiger partial charge in [-0.05, 0) is 24.6 Å². The van der Waals surface area contributed by atoms with Crippen LogP contribution in [0, 0.1) is 6.92 Å². The summed E-state index contributed by atoms with van der Waals surface area (Å²) in [6, 6.07) is 18.4. The van der Waals surface area contributed by atoms with E-state index in [2.05, 4.69) is 52.2 Å². The maximum atomic E-state index is 6.08. The minimum Gasteiger partial charge on any atom is -0.384 e. The van der Waals surface area contributed by atoms with Crippen LogP contribution in [0.5, 0.6) is 0 Å². The van der Waals surface area contributed by atoms with Gasteiger partial charge in [-0.3, -0.25) is 0 Å². The molecule has 3 rings (SSSR count). The van der Waals surface area contributed by atoms with Gasteiger partial charge in [0.05, 0.1) is 12.2 Å². The SMILES string of the molecule is Cc1ccc(Cn2nc(-c3cccc(Br)c3)cc2N)cc1. The van der Waals surface area contributed by atoms with Crippen LogP contribution in [0.2, 0.25) is 0 Å². The van der Waals surface area contributed by atoms with E-state index >= 15 is 0 Å². The molecule has 0 aliphatic rings. The average molecular weight is 342 g/mol. The second kappa shape index (κ2) is 5.74. The van der Waals surface area contributed by atoms with Crippen molar-refractivity contribution in [2.75, 3.05) is 5.73 Å². The predicted octanol–water partition coefficient (Wildman–Crippen LogP) is 4.25. The molecule has 0 aliphatic carbocycles. The number of anilines is 1. The monoisotopic (exact) mass is 341 g/mol. The molecule has 0 radical (unpaired) electrons. The highest BCUT2D eigenvalue weighted by Gasteiger charge is 2.08. The van der Waals surface area contributed by atoms with Crippen LogP contribution in [0.15, 0.2) is 59.1 Å². The zero-order chi connectivity index (χ0) is 14.8. The molecule has 1 aromatic heterocycles. The molecule has 1 heterocycles. The Morgan fingerprint density at radius 1 is 1.10 bits per heavy atom. The van der Waals surface area contributed by atoms with Crippen LogP contribution >= 0.6 is 15.9 Å². The number of halogens is 1. The Kier molecular flexibility index (Phi) is 3.80. The lowest BCUT2D eigenvalue weighted by Crippen LogP contribution is -2.05. The summed E-state index contributed by atoms with van der Waals surface area (Å²) in [7, 11) is 0. The standard InChI is InChI=1S/C17H16BrN3/c1-12-5-7-13(8-6-12)11-21-17(19)10-16(20-21)14-3-2-4-15(18)9-14/h2-10H,11,19H2,1H3. The summed E-state index contributed by atoms with van der Waals surface area (Å²) >= 11 is 3.48. The first-order chi connectivity index (χ1) is 10.1. The normalized spacial score (nSPS) is 10.8. The summed E-state index contributed by atoms with van der Waals surface area (Å²) in [6.07, 6.45) is 0. The van der Waals surface area contributed by atoms with Crippen molar-refractivity contribution in [3.8, 4) is 11.3 Å². The lowest BCUT2D eigenvalue weighted by Gasteiger charge is -2.04. The molecule has 4 heteroatoms. The minimum atomic E-state index is 0.672. The zero-order valence-electron chi connectivity index (χ0n) is 11.8. The van der Waals surface area contributed by atoms with Crippen molar-refractivity contribution in [2.24, 2.45) is 0 Å². The number of rotatable bonds is 3. The molecule has 0 bridgehead atoms. The number of hydrogen-bond acceptors (Lipinski definition) is 2. The molecular weight excluding hydrogens is 326 g/mol. The molecule has 0 unspecified atom stereocenters. The van der Waals surface area contributed by atoms with Crippen molar-refractivity contribution in [2.45, 2.75) is 13.5 Å². The van der Waals surface area contributed by atoms with Gasteiger partial charge in [-0.1, -0.05) is 57.9 Å². The molecule has 0 atom stereocenters. The van der Waals surface area contributed by atoms with Gasteiger partial charge in [0.1, 0.15) is 5.82 Å². The van der Waals surface area contributed by atoms with E-state index in [1.807, 2.05) is 35.0 Å². The first-order valence-electron chi connectivity index (χ1n) is 6.76. The molecular formula is C17H16BrN3. The van der Waals surface area contributed by atoms with E-state index in [9.17, 15) is 0 Å². The number of aromatic nitrogens is 2. The van der Waals surface area contributed by atoms with Crippen LogP contribution in [0.1, 0.15) is 11.1 Å². The number of nitrogens with two attached hydrogens (primary N) is 1. The van der Waals surface area contributed by atoms with Crippen molar-refractivity contribution in [3.63, 3.8) is 0 Å². The van der Waals surface area contributed by atoms with Crippen molar-refractivity contribution in [3.05, 3.63) is 70.2 Å². The summed E-state index contributed by atoms with van der Waals surface area (Å²) in [6.45, 7) is 2.76. The van der Waals surface area contributed by atoms with E-state index in [0.717, 1.165) is 15.7 Å². The predicted molar refractivity (Wildman–Crippen MR) is 90.1 cm³/mol. The third kappa shape index (κ3) is 3.16. The molecule has 0 fully saturated rings. The van der Waals surface area contributed by atoms with Crippen LogP contribution in [-0.4, -0.2) is 9.78 Å². The minimum absolute atomic E-state index is 0.672. The second-order valence-electron chi connectivity index (χ2n) is 5.11. The molecule has 3 aromatic rings. The van der Waals surface area contributed by atoms with E-state index in [0.29, 0.717) is 12.4 Å². The van der Waals surface area contributed by atoms with Crippen LogP contribution in [0.25, 0.3) is 11.3 Å². The quantitative estimate of drug-likeness (QED) is 0.773.